The summed E-state index contributed by atoms with van der Waals surface area (Å²) < 4.78 is 14.5. The maximum atomic E-state index is 9.22. The van der Waals surface area contributed by atoms with Crippen LogP contribution in [0.1, 0.15) is 0 Å². The smallest absolute Gasteiger partial charge is 0.241 e. The molecule has 0 unspecified atom stereocenters. The molecule has 4 rings (SSSR count). The highest BCUT2D eigenvalue weighted by molar-refractivity contribution is 7.74. The Bertz CT molecular complexity index is 1300. The molecular formula is C14H2N8O2S4. The summed E-state index contributed by atoms with van der Waals surface area (Å²) in [5.74, 6) is -0.0574. The fraction of sp³-hybridized carbons (Fsp3) is 0. The van der Waals surface area contributed by atoms with E-state index in [1.54, 1.807) is 0 Å². The molecule has 0 radical (unpaired) electrons. The lowest BCUT2D eigenvalue weighted by atomic mass is 10.3. The number of allylic oxidation sites excluding steroid dienone is 4. The van der Waals surface area contributed by atoms with Gasteiger partial charge in [-0.25, -0.2) is 9.35 Å². The Morgan fingerprint density at radius 2 is 1.11 bits per heavy atom. The summed E-state index contributed by atoms with van der Waals surface area (Å²) in [4.78, 5) is 0.957. The molecule has 2 aliphatic heterocycles. The van der Waals surface area contributed by atoms with Crippen molar-refractivity contribution < 1.29 is 9.47 Å². The van der Waals surface area contributed by atoms with Gasteiger partial charge in [0.05, 0.1) is 0 Å². The Hall–Kier alpha value is -3.66. The monoisotopic (exact) mass is 442 g/mol. The lowest BCUT2D eigenvalue weighted by Gasteiger charge is -2.19. The van der Waals surface area contributed by atoms with E-state index in [1.165, 1.54) is 9.35 Å². The van der Waals surface area contributed by atoms with Gasteiger partial charge in [-0.1, -0.05) is 22.7 Å². The molecule has 0 saturated heterocycles. The maximum Gasteiger partial charge on any atom is 0.241 e. The minimum absolute atomic E-state index is 0.0757. The van der Waals surface area contributed by atoms with E-state index in [0.29, 0.717) is 17.7 Å². The van der Waals surface area contributed by atoms with E-state index in [9.17, 15) is 10.5 Å². The molecule has 0 aromatic carbocycles. The van der Waals surface area contributed by atoms with Gasteiger partial charge in [-0.15, -0.1) is 0 Å². The second-order valence-corrected chi connectivity index (χ2v) is 8.25. The number of rotatable bonds is 1. The predicted octanol–water partition coefficient (Wildman–Crippen LogP) is 2.93. The van der Waals surface area contributed by atoms with Crippen molar-refractivity contribution in [1.82, 2.24) is 9.35 Å². The molecule has 2 aromatic rings. The van der Waals surface area contributed by atoms with E-state index in [0.717, 1.165) is 22.7 Å². The lowest BCUT2D eigenvalue weighted by Crippen LogP contribution is -2.23. The SMILES string of the molecule is N#CC1=C(C#N)Oc2c(-c3sc(=S)n4c3OC(C#N)=C(C#N)N4)sc(=S)n2N1. The summed E-state index contributed by atoms with van der Waals surface area (Å²) in [7, 11) is 0. The van der Waals surface area contributed by atoms with Crippen molar-refractivity contribution in [3.05, 3.63) is 30.8 Å². The molecule has 0 aliphatic carbocycles. The number of nitrogens with zero attached hydrogens (tertiary/aromatic N) is 6. The number of nitrogens with one attached hydrogen (secondary N) is 2. The summed E-state index contributed by atoms with van der Waals surface area (Å²) in [5.41, 5.74) is 5.32. The van der Waals surface area contributed by atoms with Crippen LogP contribution < -0.4 is 20.3 Å². The van der Waals surface area contributed by atoms with Gasteiger partial charge in [0.15, 0.2) is 19.3 Å². The number of ether oxygens (including phenoxy) is 2. The van der Waals surface area contributed by atoms with E-state index >= 15 is 0 Å². The van der Waals surface area contributed by atoms with Crippen LogP contribution in [-0.4, -0.2) is 9.35 Å². The molecule has 10 nitrogen and oxygen atoms in total. The van der Waals surface area contributed by atoms with Crippen LogP contribution in [0.3, 0.4) is 0 Å². The largest absolute Gasteiger partial charge is 0.423 e. The molecule has 0 amide bonds. The molecule has 2 aliphatic rings. The standard InChI is InChI=1S/C14H2N8O2S4/c15-1-5-7(3-17)23-11-9(27-13(25)21(11)19-5)10-12-22(14(26)28-10)20-6(2-16)8(4-18)24-12/h19-20H. The summed E-state index contributed by atoms with van der Waals surface area (Å²) in [6.07, 6.45) is 0. The zero-order valence-electron chi connectivity index (χ0n) is 13.1. The zero-order chi connectivity index (χ0) is 20.0. The average Bonchev–Trinajstić information content (AvgIpc) is 3.21. The summed E-state index contributed by atoms with van der Waals surface area (Å²) in [6.45, 7) is 0. The fourth-order valence-corrected chi connectivity index (χ4v) is 4.91. The minimum atomic E-state index is -0.211. The first-order chi connectivity index (χ1) is 13.5. The van der Waals surface area contributed by atoms with Crippen LogP contribution in [0.15, 0.2) is 22.9 Å². The van der Waals surface area contributed by atoms with E-state index in [1.807, 2.05) is 24.3 Å². The minimum Gasteiger partial charge on any atom is -0.423 e. The Balaban J connectivity index is 1.90. The maximum absolute atomic E-state index is 9.22. The molecular weight excluding hydrogens is 440 g/mol. The highest BCUT2D eigenvalue weighted by atomic mass is 32.2. The number of thiazole rings is 2. The summed E-state index contributed by atoms with van der Waals surface area (Å²) in [6, 6.07) is 7.28. The molecule has 0 atom stereocenters. The van der Waals surface area contributed by atoms with Gasteiger partial charge in [-0.05, 0) is 24.4 Å². The molecule has 134 valence electrons. The number of hydrogen-bond acceptors (Lipinski definition) is 12. The van der Waals surface area contributed by atoms with Gasteiger partial charge < -0.3 is 9.47 Å². The average molecular weight is 442 g/mol. The van der Waals surface area contributed by atoms with Gasteiger partial charge in [0.25, 0.3) is 0 Å². The van der Waals surface area contributed by atoms with Gasteiger partial charge in [-0.3, -0.25) is 10.9 Å². The van der Waals surface area contributed by atoms with E-state index in [2.05, 4.69) is 10.9 Å². The molecule has 2 aromatic heterocycles. The van der Waals surface area contributed by atoms with E-state index in [4.69, 9.17) is 44.4 Å². The van der Waals surface area contributed by atoms with Gasteiger partial charge >= 0.3 is 0 Å². The van der Waals surface area contributed by atoms with Gasteiger partial charge in [0.2, 0.25) is 23.3 Å². The third-order valence-corrected chi connectivity index (χ3v) is 6.34. The number of hydrogen-bond donors (Lipinski definition) is 2. The number of aromatic nitrogens is 2. The highest BCUT2D eigenvalue weighted by Crippen LogP contribution is 2.47. The first-order valence-electron chi connectivity index (χ1n) is 7.03. The normalized spacial score (nSPS) is 14.0. The summed E-state index contributed by atoms with van der Waals surface area (Å²) >= 11 is 12.9. The first-order valence-corrected chi connectivity index (χ1v) is 9.48. The quantitative estimate of drug-likeness (QED) is 0.631. The molecule has 0 bridgehead atoms. The van der Waals surface area contributed by atoms with Crippen molar-refractivity contribution in [2.75, 3.05) is 10.9 Å². The second kappa shape index (κ2) is 6.50. The van der Waals surface area contributed by atoms with Crippen molar-refractivity contribution in [2.24, 2.45) is 0 Å². The van der Waals surface area contributed by atoms with Crippen LogP contribution >= 0.6 is 47.1 Å². The topological polar surface area (TPSA) is 148 Å². The van der Waals surface area contributed by atoms with Crippen LogP contribution in [-0.2, 0) is 0 Å². The predicted molar refractivity (Wildman–Crippen MR) is 102 cm³/mol. The van der Waals surface area contributed by atoms with E-state index < -0.39 is 0 Å². The van der Waals surface area contributed by atoms with Crippen molar-refractivity contribution in [1.29, 1.82) is 21.0 Å². The zero-order valence-corrected chi connectivity index (χ0v) is 16.4. The van der Waals surface area contributed by atoms with Crippen molar-refractivity contribution >= 4 is 47.1 Å². The van der Waals surface area contributed by atoms with Gasteiger partial charge in [-0.2, -0.15) is 21.0 Å². The van der Waals surface area contributed by atoms with Crippen LogP contribution in [0.5, 0.6) is 11.8 Å². The van der Waals surface area contributed by atoms with E-state index in [-0.39, 0.29) is 34.7 Å². The molecule has 2 N–H and O–H groups in total. The molecule has 0 spiro atoms. The summed E-state index contributed by atoms with van der Waals surface area (Å²) in [5, 5.41) is 36.7. The second-order valence-electron chi connectivity index (χ2n) is 4.96. The Kier molecular flexibility index (Phi) is 4.12. The van der Waals surface area contributed by atoms with Crippen molar-refractivity contribution in [2.45, 2.75) is 0 Å². The third kappa shape index (κ3) is 2.46. The van der Waals surface area contributed by atoms with Crippen LogP contribution in [0.4, 0.5) is 0 Å². The van der Waals surface area contributed by atoms with Crippen LogP contribution in [0.2, 0.25) is 0 Å². The van der Waals surface area contributed by atoms with Gasteiger partial charge in [0.1, 0.15) is 34.0 Å². The number of fused-ring (bicyclic) bond motifs is 2. The van der Waals surface area contributed by atoms with Crippen molar-refractivity contribution in [3.63, 3.8) is 0 Å². The third-order valence-electron chi connectivity index (χ3n) is 3.47. The molecule has 0 fully saturated rings. The van der Waals surface area contributed by atoms with Gasteiger partial charge in [0, 0.05) is 0 Å². The Morgan fingerprint density at radius 3 is 1.43 bits per heavy atom. The molecule has 0 saturated carbocycles. The van der Waals surface area contributed by atoms with Crippen molar-refractivity contribution in [3.8, 4) is 45.8 Å². The lowest BCUT2D eigenvalue weighted by molar-refractivity contribution is 0.390. The Morgan fingerprint density at radius 1 is 0.714 bits per heavy atom. The number of nitriles is 4. The van der Waals surface area contributed by atoms with Crippen LogP contribution in [0.25, 0.3) is 9.75 Å². The fourth-order valence-electron chi connectivity index (χ4n) is 2.32. The molecule has 28 heavy (non-hydrogen) atoms. The highest BCUT2D eigenvalue weighted by Gasteiger charge is 2.32. The molecule has 4 heterocycles. The van der Waals surface area contributed by atoms with Crippen LogP contribution in [0, 0.1) is 53.2 Å². The molecule has 14 heteroatoms. The Labute approximate surface area is 174 Å². The first kappa shape index (κ1) is 17.7.